The third-order valence-electron chi connectivity index (χ3n) is 2.88. The molecule has 3 aliphatic rings. The average Bonchev–Trinajstić information content (AvgIpc) is 2.50. The van der Waals surface area contributed by atoms with Gasteiger partial charge in [0.25, 0.3) is 0 Å². The molecule has 2 heteroatoms. The second-order valence-corrected chi connectivity index (χ2v) is 3.73. The molecule has 0 saturated heterocycles. The molecule has 2 unspecified atom stereocenters. The standard InChI is InChI=1S/C9H10O2/c1-9-3-2-7-8(6(9)4-9)11-5-10-7/h2-3,6H,4-5H2,1H3. The largest absolute Gasteiger partial charge is 0.458 e. The Labute approximate surface area is 65.5 Å². The number of fused-ring (bicyclic) bond motifs is 2. The van der Waals surface area contributed by atoms with Crippen molar-refractivity contribution in [2.24, 2.45) is 11.3 Å². The molecule has 2 atom stereocenters. The predicted octanol–water partition coefficient (Wildman–Crippen LogP) is 1.80. The van der Waals surface area contributed by atoms with Crippen LogP contribution in [0.25, 0.3) is 0 Å². The normalized spacial score (nSPS) is 44.3. The fraction of sp³-hybridized carbons (Fsp3) is 0.556. The summed E-state index contributed by atoms with van der Waals surface area (Å²) in [6.07, 6.45) is 5.52. The molecule has 0 aromatic rings. The second kappa shape index (κ2) is 1.47. The molecule has 0 amide bonds. The van der Waals surface area contributed by atoms with Crippen LogP contribution in [0.5, 0.6) is 0 Å². The van der Waals surface area contributed by atoms with E-state index in [0.29, 0.717) is 18.1 Å². The van der Waals surface area contributed by atoms with Crippen LogP contribution in [-0.4, -0.2) is 6.79 Å². The lowest BCUT2D eigenvalue weighted by molar-refractivity contribution is 0.0702. The van der Waals surface area contributed by atoms with Gasteiger partial charge in [-0.2, -0.15) is 0 Å². The van der Waals surface area contributed by atoms with E-state index in [9.17, 15) is 0 Å². The summed E-state index contributed by atoms with van der Waals surface area (Å²) in [6.45, 7) is 2.68. The topological polar surface area (TPSA) is 18.5 Å². The first kappa shape index (κ1) is 5.70. The molecule has 0 radical (unpaired) electrons. The Bertz CT molecular complexity index is 277. The molecule has 2 aliphatic carbocycles. The van der Waals surface area contributed by atoms with E-state index in [4.69, 9.17) is 9.47 Å². The van der Waals surface area contributed by atoms with Gasteiger partial charge >= 0.3 is 0 Å². The molecule has 0 spiro atoms. The molecule has 0 aromatic heterocycles. The quantitative estimate of drug-likeness (QED) is 0.524. The molecule has 0 aromatic carbocycles. The molecule has 1 saturated carbocycles. The highest BCUT2D eigenvalue weighted by molar-refractivity contribution is 5.36. The highest BCUT2D eigenvalue weighted by Gasteiger charge is 2.55. The molecular formula is C9H10O2. The van der Waals surface area contributed by atoms with Gasteiger partial charge in [0.05, 0.1) is 0 Å². The number of rotatable bonds is 0. The Kier molecular flexibility index (Phi) is 0.761. The lowest BCUT2D eigenvalue weighted by Gasteiger charge is -2.09. The highest BCUT2D eigenvalue weighted by Crippen LogP contribution is 2.61. The van der Waals surface area contributed by atoms with Crippen molar-refractivity contribution in [3.63, 3.8) is 0 Å². The van der Waals surface area contributed by atoms with Gasteiger partial charge in [-0.1, -0.05) is 13.0 Å². The second-order valence-electron chi connectivity index (χ2n) is 3.73. The maximum Gasteiger partial charge on any atom is 0.230 e. The summed E-state index contributed by atoms with van der Waals surface area (Å²) in [5, 5.41) is 0. The summed E-state index contributed by atoms with van der Waals surface area (Å²) in [5.41, 5.74) is 0.395. The van der Waals surface area contributed by atoms with E-state index in [1.807, 2.05) is 6.08 Å². The number of allylic oxidation sites excluding steroid dienone is 3. The Morgan fingerprint density at radius 2 is 2.45 bits per heavy atom. The maximum atomic E-state index is 5.38. The van der Waals surface area contributed by atoms with Crippen LogP contribution in [0.15, 0.2) is 23.7 Å². The van der Waals surface area contributed by atoms with Gasteiger partial charge < -0.3 is 9.47 Å². The van der Waals surface area contributed by atoms with E-state index in [1.165, 1.54) is 6.42 Å². The van der Waals surface area contributed by atoms with E-state index < -0.39 is 0 Å². The minimum Gasteiger partial charge on any atom is -0.458 e. The molecule has 58 valence electrons. The van der Waals surface area contributed by atoms with Gasteiger partial charge in [0, 0.05) is 5.92 Å². The third-order valence-corrected chi connectivity index (χ3v) is 2.88. The van der Waals surface area contributed by atoms with E-state index in [2.05, 4.69) is 13.0 Å². The first-order chi connectivity index (χ1) is 5.30. The third kappa shape index (κ3) is 0.577. The van der Waals surface area contributed by atoms with Crippen LogP contribution in [0.1, 0.15) is 13.3 Å². The smallest absolute Gasteiger partial charge is 0.230 e. The van der Waals surface area contributed by atoms with E-state index in [1.54, 1.807) is 0 Å². The highest BCUT2D eigenvalue weighted by atomic mass is 16.7. The minimum atomic E-state index is 0.395. The van der Waals surface area contributed by atoms with E-state index >= 15 is 0 Å². The van der Waals surface area contributed by atoms with E-state index in [0.717, 1.165) is 11.5 Å². The SMILES string of the molecule is CC12C=CC3=C(OCO3)C1C2. The van der Waals surface area contributed by atoms with Crippen molar-refractivity contribution in [3.8, 4) is 0 Å². The Balaban J connectivity index is 2.06. The lowest BCUT2D eigenvalue weighted by atomic mass is 10.0. The maximum absolute atomic E-state index is 5.38. The van der Waals surface area contributed by atoms with Gasteiger partial charge in [0.1, 0.15) is 5.76 Å². The van der Waals surface area contributed by atoms with Crippen molar-refractivity contribution >= 4 is 0 Å². The molecule has 1 heterocycles. The summed E-state index contributed by atoms with van der Waals surface area (Å²) in [5.74, 6) is 2.67. The van der Waals surface area contributed by atoms with Crippen molar-refractivity contribution in [2.45, 2.75) is 13.3 Å². The Morgan fingerprint density at radius 1 is 1.55 bits per heavy atom. The zero-order valence-electron chi connectivity index (χ0n) is 6.46. The van der Waals surface area contributed by atoms with Gasteiger partial charge in [-0.25, -0.2) is 0 Å². The molecule has 1 fully saturated rings. The Morgan fingerprint density at radius 3 is 3.36 bits per heavy atom. The van der Waals surface area contributed by atoms with Gasteiger partial charge in [0.15, 0.2) is 5.76 Å². The summed E-state index contributed by atoms with van der Waals surface area (Å²) < 4.78 is 10.7. The molecule has 0 bridgehead atoms. The molecule has 1 aliphatic heterocycles. The average molecular weight is 150 g/mol. The van der Waals surface area contributed by atoms with Crippen molar-refractivity contribution < 1.29 is 9.47 Å². The van der Waals surface area contributed by atoms with Crippen molar-refractivity contribution in [1.82, 2.24) is 0 Å². The van der Waals surface area contributed by atoms with Gasteiger partial charge in [-0.3, -0.25) is 0 Å². The zero-order chi connectivity index (χ0) is 7.47. The number of hydrogen-bond donors (Lipinski definition) is 0. The number of hydrogen-bond acceptors (Lipinski definition) is 2. The van der Waals surface area contributed by atoms with Crippen LogP contribution in [-0.2, 0) is 9.47 Å². The summed E-state index contributed by atoms with van der Waals surface area (Å²) in [6, 6.07) is 0. The molecule has 11 heavy (non-hydrogen) atoms. The minimum absolute atomic E-state index is 0.395. The summed E-state index contributed by atoms with van der Waals surface area (Å²) in [4.78, 5) is 0. The molecule has 2 nitrogen and oxygen atoms in total. The first-order valence-electron chi connectivity index (χ1n) is 3.99. The zero-order valence-corrected chi connectivity index (χ0v) is 6.46. The van der Waals surface area contributed by atoms with Crippen LogP contribution in [0.2, 0.25) is 0 Å². The summed E-state index contributed by atoms with van der Waals surface area (Å²) in [7, 11) is 0. The number of ether oxygens (including phenoxy) is 2. The fourth-order valence-corrected chi connectivity index (χ4v) is 1.92. The fourth-order valence-electron chi connectivity index (χ4n) is 1.92. The van der Waals surface area contributed by atoms with Gasteiger partial charge in [0.2, 0.25) is 6.79 Å². The van der Waals surface area contributed by atoms with Crippen LogP contribution in [0.4, 0.5) is 0 Å². The van der Waals surface area contributed by atoms with Gasteiger partial charge in [-0.05, 0) is 17.9 Å². The van der Waals surface area contributed by atoms with E-state index in [-0.39, 0.29) is 0 Å². The molecular weight excluding hydrogens is 140 g/mol. The van der Waals surface area contributed by atoms with Crippen LogP contribution in [0, 0.1) is 11.3 Å². The first-order valence-corrected chi connectivity index (χ1v) is 3.99. The molecule has 0 N–H and O–H groups in total. The lowest BCUT2D eigenvalue weighted by Crippen LogP contribution is -2.01. The summed E-state index contributed by atoms with van der Waals surface area (Å²) >= 11 is 0. The van der Waals surface area contributed by atoms with Crippen molar-refractivity contribution in [1.29, 1.82) is 0 Å². The van der Waals surface area contributed by atoms with Gasteiger partial charge in [-0.15, -0.1) is 0 Å². The van der Waals surface area contributed by atoms with Crippen LogP contribution >= 0.6 is 0 Å². The monoisotopic (exact) mass is 150 g/mol. The van der Waals surface area contributed by atoms with Crippen LogP contribution < -0.4 is 0 Å². The predicted molar refractivity (Wildman–Crippen MR) is 39.4 cm³/mol. The Hall–Kier alpha value is -0.920. The molecule has 3 rings (SSSR count). The van der Waals surface area contributed by atoms with Crippen LogP contribution in [0.3, 0.4) is 0 Å². The van der Waals surface area contributed by atoms with Crippen molar-refractivity contribution in [2.75, 3.05) is 6.79 Å². The van der Waals surface area contributed by atoms with Crippen molar-refractivity contribution in [3.05, 3.63) is 23.7 Å².